The monoisotopic (exact) mass is 342 g/mol. The Labute approximate surface area is 128 Å². The number of hydrogen-bond donors (Lipinski definition) is 2. The van der Waals surface area contributed by atoms with Crippen molar-refractivity contribution in [3.63, 3.8) is 0 Å². The molecule has 0 aliphatic carbocycles. The lowest BCUT2D eigenvalue weighted by Gasteiger charge is -2.20. The highest BCUT2D eigenvalue weighted by Crippen LogP contribution is 2.30. The van der Waals surface area contributed by atoms with Crippen LogP contribution in [0.3, 0.4) is 0 Å². The minimum atomic E-state index is -4.66. The number of hydrogen-bond acceptors (Lipinski definition) is 5. The fourth-order valence-corrected chi connectivity index (χ4v) is 2.07. The molecule has 4 nitrogen and oxygen atoms in total. The van der Waals surface area contributed by atoms with E-state index >= 15 is 0 Å². The summed E-state index contributed by atoms with van der Waals surface area (Å²) < 4.78 is 53.6. The molecule has 9 heteroatoms. The lowest BCUT2D eigenvalue weighted by Crippen LogP contribution is -2.33. The number of aliphatic hydroxyl groups is 2. The Morgan fingerprint density at radius 3 is 2.55 bits per heavy atom. The van der Waals surface area contributed by atoms with E-state index < -0.39 is 30.5 Å². The van der Waals surface area contributed by atoms with Crippen LogP contribution in [0.25, 0.3) is 0 Å². The predicted octanol–water partition coefficient (Wildman–Crippen LogP) is 2.60. The third-order valence-corrected chi connectivity index (χ3v) is 3.44. The summed E-state index contributed by atoms with van der Waals surface area (Å²) in [4.78, 5) is 10.8. The first-order valence-corrected chi connectivity index (χ1v) is 7.06. The lowest BCUT2D eigenvalue weighted by molar-refractivity contribution is -0.253. The fraction of sp³-hybridized carbons (Fsp3) is 0.462. The van der Waals surface area contributed by atoms with Gasteiger partial charge in [-0.3, -0.25) is 4.79 Å². The molecule has 0 aliphatic heterocycles. The average Bonchev–Trinajstić information content (AvgIpc) is 2.43. The van der Waals surface area contributed by atoms with Crippen LogP contribution in [0.5, 0.6) is 5.75 Å². The maximum absolute atomic E-state index is 12.8. The van der Waals surface area contributed by atoms with Crippen LogP contribution in [0.1, 0.15) is 18.6 Å². The highest BCUT2D eigenvalue weighted by molar-refractivity contribution is 8.13. The zero-order valence-electron chi connectivity index (χ0n) is 11.4. The molecular formula is C13H14F4O4S. The first-order chi connectivity index (χ1) is 10.1. The maximum atomic E-state index is 12.8. The Balaban J connectivity index is 2.80. The number of alkyl halides is 4. The number of halogens is 4. The molecule has 2 atom stereocenters. The molecule has 0 spiro atoms. The molecule has 22 heavy (non-hydrogen) atoms. The molecule has 0 aromatic heterocycles. The van der Waals surface area contributed by atoms with E-state index in [9.17, 15) is 32.6 Å². The summed E-state index contributed by atoms with van der Waals surface area (Å²) in [5, 5.41) is 19.3. The number of aliphatic hydroxyl groups excluding tert-OH is 2. The van der Waals surface area contributed by atoms with Crippen LogP contribution in [-0.4, -0.2) is 39.7 Å². The number of carbonyl (C=O) groups excluding carboxylic acids is 1. The van der Waals surface area contributed by atoms with Crippen molar-refractivity contribution in [1.29, 1.82) is 0 Å². The minimum Gasteiger partial charge on any atom is -0.428 e. The van der Waals surface area contributed by atoms with E-state index in [1.54, 1.807) is 0 Å². The molecule has 1 rings (SSSR count). The van der Waals surface area contributed by atoms with E-state index in [0.717, 1.165) is 23.9 Å². The van der Waals surface area contributed by atoms with Crippen molar-refractivity contribution in [3.8, 4) is 5.75 Å². The van der Waals surface area contributed by atoms with Gasteiger partial charge in [0.1, 0.15) is 11.9 Å². The van der Waals surface area contributed by atoms with Gasteiger partial charge in [-0.15, -0.1) is 0 Å². The van der Waals surface area contributed by atoms with Gasteiger partial charge in [0.2, 0.25) is 0 Å². The first kappa shape index (κ1) is 18.7. The summed E-state index contributed by atoms with van der Waals surface area (Å²) >= 11 is 0.781. The number of thioether (sulfide) groups is 1. The molecule has 0 amide bonds. The van der Waals surface area contributed by atoms with Gasteiger partial charge in [0, 0.05) is 12.7 Å². The van der Waals surface area contributed by atoms with Gasteiger partial charge in [-0.1, -0.05) is 23.9 Å². The maximum Gasteiger partial charge on any atom is 0.461 e. The van der Waals surface area contributed by atoms with Crippen molar-refractivity contribution in [1.82, 2.24) is 0 Å². The van der Waals surface area contributed by atoms with Gasteiger partial charge >= 0.3 is 12.5 Å². The van der Waals surface area contributed by atoms with E-state index in [2.05, 4.69) is 4.74 Å². The third kappa shape index (κ3) is 5.47. The van der Waals surface area contributed by atoms with Crippen LogP contribution in [-0.2, 0) is 4.79 Å². The van der Waals surface area contributed by atoms with Gasteiger partial charge in [-0.05, 0) is 17.7 Å². The average molecular weight is 342 g/mol. The van der Waals surface area contributed by atoms with Crippen molar-refractivity contribution in [3.05, 3.63) is 29.8 Å². The molecule has 1 aromatic rings. The molecule has 0 fully saturated rings. The topological polar surface area (TPSA) is 66.8 Å². The van der Waals surface area contributed by atoms with Gasteiger partial charge < -0.3 is 14.9 Å². The van der Waals surface area contributed by atoms with E-state index in [-0.39, 0.29) is 16.4 Å². The van der Waals surface area contributed by atoms with Crippen molar-refractivity contribution in [2.75, 3.05) is 5.75 Å². The highest BCUT2D eigenvalue weighted by Gasteiger charge is 2.44. The Hall–Kier alpha value is -1.32. The second-order valence-corrected chi connectivity index (χ2v) is 5.55. The van der Waals surface area contributed by atoms with Crippen LogP contribution in [0.2, 0.25) is 0 Å². The van der Waals surface area contributed by atoms with Crippen LogP contribution >= 0.6 is 11.8 Å². The minimum absolute atomic E-state index is 0.000724. The number of rotatable bonds is 7. The normalized spacial score (nSPS) is 14.7. The van der Waals surface area contributed by atoms with Crippen LogP contribution in [0, 0.1) is 0 Å². The van der Waals surface area contributed by atoms with Crippen LogP contribution < -0.4 is 4.74 Å². The molecule has 1 aromatic carbocycles. The summed E-state index contributed by atoms with van der Waals surface area (Å²) in [6.07, 6.45) is -11.5. The zero-order valence-corrected chi connectivity index (χ0v) is 12.2. The Morgan fingerprint density at radius 1 is 1.36 bits per heavy atom. The first-order valence-electron chi connectivity index (χ1n) is 6.08. The standard InChI is InChI=1S/C13H14F4O4S/c1-7(18)22-6-10(19)11(20)8-3-2-4-9(5-8)21-13(16,17)12(14)15/h2-5,10-12,19-20H,6H2,1H3. The number of benzene rings is 1. The van der Waals surface area contributed by atoms with E-state index in [0.29, 0.717) is 0 Å². The van der Waals surface area contributed by atoms with Crippen molar-refractivity contribution in [2.24, 2.45) is 0 Å². The molecule has 2 unspecified atom stereocenters. The number of ether oxygens (including phenoxy) is 1. The second-order valence-electron chi connectivity index (χ2n) is 4.35. The van der Waals surface area contributed by atoms with Crippen LogP contribution in [0.15, 0.2) is 24.3 Å². The van der Waals surface area contributed by atoms with Crippen LogP contribution in [0.4, 0.5) is 17.6 Å². The molecule has 0 aliphatic rings. The van der Waals surface area contributed by atoms with Gasteiger partial charge in [-0.2, -0.15) is 17.6 Å². The fourth-order valence-electron chi connectivity index (χ4n) is 1.48. The predicted molar refractivity (Wildman–Crippen MR) is 72.1 cm³/mol. The van der Waals surface area contributed by atoms with E-state index in [1.807, 2.05) is 0 Å². The summed E-state index contributed by atoms with van der Waals surface area (Å²) in [6.45, 7) is 1.28. The van der Waals surface area contributed by atoms with Crippen molar-refractivity contribution in [2.45, 2.75) is 31.7 Å². The summed E-state index contributed by atoms with van der Waals surface area (Å²) in [5.41, 5.74) is -0.000724. The molecule has 0 heterocycles. The van der Waals surface area contributed by atoms with Gasteiger partial charge in [0.25, 0.3) is 0 Å². The third-order valence-electron chi connectivity index (χ3n) is 2.53. The van der Waals surface area contributed by atoms with Gasteiger partial charge in [-0.25, -0.2) is 0 Å². The van der Waals surface area contributed by atoms with Gasteiger partial charge in [0.15, 0.2) is 5.12 Å². The summed E-state index contributed by atoms with van der Waals surface area (Å²) in [5.74, 6) is -0.678. The quantitative estimate of drug-likeness (QED) is 0.746. The second kappa shape index (κ2) is 7.80. The highest BCUT2D eigenvalue weighted by atomic mass is 32.2. The Kier molecular flexibility index (Phi) is 6.64. The Morgan fingerprint density at radius 2 is 2.00 bits per heavy atom. The van der Waals surface area contributed by atoms with Gasteiger partial charge in [0.05, 0.1) is 6.10 Å². The van der Waals surface area contributed by atoms with Crippen molar-refractivity contribution < 1.29 is 37.3 Å². The molecule has 0 saturated carbocycles. The molecule has 0 bridgehead atoms. The summed E-state index contributed by atoms with van der Waals surface area (Å²) in [7, 11) is 0. The van der Waals surface area contributed by atoms with Crippen molar-refractivity contribution >= 4 is 16.9 Å². The van der Waals surface area contributed by atoms with E-state index in [4.69, 9.17) is 0 Å². The molecular weight excluding hydrogens is 328 g/mol. The molecule has 0 saturated heterocycles. The molecule has 0 radical (unpaired) electrons. The smallest absolute Gasteiger partial charge is 0.428 e. The Bertz CT molecular complexity index is 513. The largest absolute Gasteiger partial charge is 0.461 e. The zero-order chi connectivity index (χ0) is 16.9. The summed E-state index contributed by atoms with van der Waals surface area (Å²) in [6, 6.07) is 4.45. The molecule has 124 valence electrons. The lowest BCUT2D eigenvalue weighted by atomic mass is 10.1. The molecule has 2 N–H and O–H groups in total. The van der Waals surface area contributed by atoms with E-state index in [1.165, 1.54) is 19.1 Å². The number of carbonyl (C=O) groups is 1. The SMILES string of the molecule is CC(=O)SCC(O)C(O)c1cccc(OC(F)(F)C(F)F)c1.